The van der Waals surface area contributed by atoms with Crippen LogP contribution in [0.25, 0.3) is 0 Å². The monoisotopic (exact) mass is 411 g/mol. The van der Waals surface area contributed by atoms with Gasteiger partial charge in [-0.1, -0.05) is 29.8 Å². The van der Waals surface area contributed by atoms with Crippen LogP contribution in [0.15, 0.2) is 24.3 Å². The maximum Gasteiger partial charge on any atom is 0.305 e. The van der Waals surface area contributed by atoms with Crippen molar-refractivity contribution in [1.29, 1.82) is 0 Å². The molecule has 0 spiro atoms. The minimum Gasteiger partial charge on any atom is -0.466 e. The molecular formula is C20H28ClN2O3S+. The molecule has 0 bridgehead atoms. The second kappa shape index (κ2) is 9.80. The van der Waals surface area contributed by atoms with Gasteiger partial charge in [0, 0.05) is 42.1 Å². The van der Waals surface area contributed by atoms with E-state index in [1.807, 2.05) is 36.1 Å². The lowest BCUT2D eigenvalue weighted by Crippen LogP contribution is -3.14. The van der Waals surface area contributed by atoms with Gasteiger partial charge in [0.05, 0.1) is 25.6 Å². The lowest BCUT2D eigenvalue weighted by atomic mass is 10.2. The van der Waals surface area contributed by atoms with E-state index in [0.717, 1.165) is 35.8 Å². The smallest absolute Gasteiger partial charge is 0.305 e. The average Bonchev–Trinajstić information content (AvgIpc) is 3.38. The first-order valence-corrected chi connectivity index (χ1v) is 11.2. The number of nitrogens with zero attached hydrogens (tertiary/aromatic N) is 1. The van der Waals surface area contributed by atoms with Crippen molar-refractivity contribution in [3.05, 3.63) is 34.9 Å². The Morgan fingerprint density at radius 3 is 2.81 bits per heavy atom. The van der Waals surface area contributed by atoms with Crippen LogP contribution < -0.4 is 4.90 Å². The summed E-state index contributed by atoms with van der Waals surface area (Å²) in [6.07, 6.45) is 3.54. The highest BCUT2D eigenvalue weighted by atomic mass is 35.5. The number of esters is 1. The second-order valence-corrected chi connectivity index (χ2v) is 8.69. The largest absolute Gasteiger partial charge is 0.466 e. The molecule has 1 aliphatic heterocycles. The van der Waals surface area contributed by atoms with Crippen molar-refractivity contribution in [2.24, 2.45) is 0 Å². The third-order valence-electron chi connectivity index (χ3n) is 5.10. The number of nitrogens with one attached hydrogen (secondary N) is 1. The molecule has 1 saturated carbocycles. The summed E-state index contributed by atoms with van der Waals surface area (Å²) in [7, 11) is 0. The number of amides is 1. The number of ether oxygens (including phenoxy) is 1. The summed E-state index contributed by atoms with van der Waals surface area (Å²) < 4.78 is 5.00. The Bertz CT molecular complexity index is 668. The van der Waals surface area contributed by atoms with Crippen molar-refractivity contribution >= 4 is 35.2 Å². The fourth-order valence-electron chi connectivity index (χ4n) is 3.58. The highest BCUT2D eigenvalue weighted by Crippen LogP contribution is 2.40. The van der Waals surface area contributed by atoms with Crippen molar-refractivity contribution in [1.82, 2.24) is 4.90 Å². The van der Waals surface area contributed by atoms with Crippen LogP contribution in [0.4, 0.5) is 0 Å². The Morgan fingerprint density at radius 1 is 1.33 bits per heavy atom. The first-order valence-electron chi connectivity index (χ1n) is 9.75. The Morgan fingerprint density at radius 2 is 2.11 bits per heavy atom. The van der Waals surface area contributed by atoms with E-state index in [2.05, 4.69) is 0 Å². The zero-order valence-corrected chi connectivity index (χ0v) is 17.4. The van der Waals surface area contributed by atoms with Crippen LogP contribution in [-0.2, 0) is 14.3 Å². The lowest BCUT2D eigenvalue weighted by molar-refractivity contribution is -0.903. The summed E-state index contributed by atoms with van der Waals surface area (Å²) in [6.45, 7) is 4.34. The normalized spacial score (nSPS) is 20.5. The fraction of sp³-hybridized carbons (Fsp3) is 0.600. The number of carbonyl (C=O) groups excluding carboxylic acids is 2. The minimum atomic E-state index is -0.145. The third kappa shape index (κ3) is 5.62. The Labute approximate surface area is 170 Å². The number of carbonyl (C=O) groups is 2. The second-order valence-electron chi connectivity index (χ2n) is 7.10. The van der Waals surface area contributed by atoms with E-state index < -0.39 is 0 Å². The predicted molar refractivity (Wildman–Crippen MR) is 108 cm³/mol. The van der Waals surface area contributed by atoms with E-state index in [-0.39, 0.29) is 17.3 Å². The molecule has 3 rings (SSSR count). The Hall–Kier alpha value is -1.24. The topological polar surface area (TPSA) is 51.1 Å². The van der Waals surface area contributed by atoms with Crippen molar-refractivity contribution in [3.63, 3.8) is 0 Å². The van der Waals surface area contributed by atoms with E-state index in [9.17, 15) is 9.59 Å². The van der Waals surface area contributed by atoms with Gasteiger partial charge in [-0.2, -0.15) is 0 Å². The Balaban J connectivity index is 1.57. The quantitative estimate of drug-likeness (QED) is 0.633. The number of rotatable bonds is 9. The predicted octanol–water partition coefficient (Wildman–Crippen LogP) is 2.30. The van der Waals surface area contributed by atoms with Crippen molar-refractivity contribution < 1.29 is 19.2 Å². The summed E-state index contributed by atoms with van der Waals surface area (Å²) in [5, 5.41) is 0.724. The van der Waals surface area contributed by atoms with Crippen LogP contribution in [0.3, 0.4) is 0 Å². The minimum absolute atomic E-state index is 0.00573. The van der Waals surface area contributed by atoms with Gasteiger partial charge in [0.2, 0.25) is 0 Å². The summed E-state index contributed by atoms with van der Waals surface area (Å²) in [5.74, 6) is 0.972. The van der Waals surface area contributed by atoms with Crippen LogP contribution in [0.2, 0.25) is 5.02 Å². The van der Waals surface area contributed by atoms with Gasteiger partial charge in [-0.3, -0.25) is 9.59 Å². The summed E-state index contributed by atoms with van der Waals surface area (Å²) in [5.41, 5.74) is 1.02. The van der Waals surface area contributed by atoms with Gasteiger partial charge < -0.3 is 14.5 Å². The molecule has 1 saturated heterocycles. The van der Waals surface area contributed by atoms with E-state index in [1.54, 1.807) is 11.8 Å². The number of quaternary nitrogens is 1. The molecule has 2 aliphatic rings. The fourth-order valence-corrected chi connectivity index (χ4v) is 5.19. The van der Waals surface area contributed by atoms with Crippen LogP contribution in [0.5, 0.6) is 0 Å². The zero-order chi connectivity index (χ0) is 19.2. The van der Waals surface area contributed by atoms with Crippen molar-refractivity contribution in [3.8, 4) is 0 Å². The maximum absolute atomic E-state index is 13.0. The average molecular weight is 412 g/mol. The first-order chi connectivity index (χ1) is 13.1. The summed E-state index contributed by atoms with van der Waals surface area (Å²) in [4.78, 5) is 27.9. The van der Waals surface area contributed by atoms with E-state index in [4.69, 9.17) is 16.3 Å². The molecule has 1 aliphatic carbocycles. The highest BCUT2D eigenvalue weighted by Gasteiger charge is 2.38. The maximum atomic E-state index is 13.0. The van der Waals surface area contributed by atoms with Gasteiger partial charge in [0.25, 0.3) is 5.91 Å². The van der Waals surface area contributed by atoms with Gasteiger partial charge in [0.1, 0.15) is 5.37 Å². The molecule has 2 atom stereocenters. The molecule has 1 amide bonds. The molecule has 5 nitrogen and oxygen atoms in total. The lowest BCUT2D eigenvalue weighted by Gasteiger charge is -2.27. The van der Waals surface area contributed by atoms with E-state index >= 15 is 0 Å². The highest BCUT2D eigenvalue weighted by molar-refractivity contribution is 7.99. The molecular weight excluding hydrogens is 384 g/mol. The number of benzene rings is 1. The van der Waals surface area contributed by atoms with Crippen LogP contribution in [0.1, 0.15) is 43.5 Å². The van der Waals surface area contributed by atoms with Gasteiger partial charge in [-0.05, 0) is 13.0 Å². The molecule has 1 aromatic carbocycles. The molecule has 27 heavy (non-hydrogen) atoms. The first kappa shape index (κ1) is 20.5. The number of hydrogen-bond donors (Lipinski definition) is 1. The molecule has 1 heterocycles. The van der Waals surface area contributed by atoms with Crippen LogP contribution in [0, 0.1) is 0 Å². The van der Waals surface area contributed by atoms with E-state index in [0.29, 0.717) is 25.6 Å². The molecule has 148 valence electrons. The van der Waals surface area contributed by atoms with Crippen molar-refractivity contribution in [2.45, 2.75) is 44.0 Å². The summed E-state index contributed by atoms with van der Waals surface area (Å²) in [6, 6.07) is 8.34. The van der Waals surface area contributed by atoms with Gasteiger partial charge in [-0.25, -0.2) is 0 Å². The number of halogens is 1. The van der Waals surface area contributed by atoms with Crippen LogP contribution in [-0.4, -0.2) is 54.8 Å². The molecule has 1 aromatic rings. The van der Waals surface area contributed by atoms with Crippen LogP contribution >= 0.6 is 23.4 Å². The molecule has 7 heteroatoms. The molecule has 0 radical (unpaired) electrons. The number of thioether (sulfide) groups is 1. The van der Waals surface area contributed by atoms with Gasteiger partial charge in [-0.15, -0.1) is 11.8 Å². The SMILES string of the molecule is CCOC(=O)CCC[NH+](CC(=O)N1CCS[C@@H]1c1ccccc1Cl)C1CC1. The van der Waals surface area contributed by atoms with E-state index in [1.165, 1.54) is 17.7 Å². The van der Waals surface area contributed by atoms with Crippen molar-refractivity contribution in [2.75, 3.05) is 32.0 Å². The molecule has 0 aromatic heterocycles. The van der Waals surface area contributed by atoms with Gasteiger partial charge >= 0.3 is 5.97 Å². The Kier molecular flexibility index (Phi) is 7.44. The third-order valence-corrected chi connectivity index (χ3v) is 6.69. The molecule has 2 fully saturated rings. The standard InChI is InChI=1S/C20H27ClN2O3S/c1-2-26-19(25)8-5-11-22(15-9-10-15)14-18(24)23-12-13-27-20(23)16-6-3-4-7-17(16)21/h3-4,6-7,15,20H,2,5,8-14H2,1H3/p+1/t20-/m1/s1. The molecule has 1 unspecified atom stereocenters. The zero-order valence-electron chi connectivity index (χ0n) is 15.8. The summed E-state index contributed by atoms with van der Waals surface area (Å²) >= 11 is 8.14. The molecule has 1 N–H and O–H groups in total. The number of hydrogen-bond acceptors (Lipinski definition) is 4. The van der Waals surface area contributed by atoms with Gasteiger partial charge in [0.15, 0.2) is 6.54 Å².